The molecule has 0 aliphatic heterocycles. The lowest BCUT2D eigenvalue weighted by Crippen LogP contribution is -2.24. The molecule has 0 radical (unpaired) electrons. The van der Waals surface area contributed by atoms with Gasteiger partial charge in [-0.05, 0) is 19.9 Å². The van der Waals surface area contributed by atoms with Gasteiger partial charge in [-0.15, -0.1) is 0 Å². The summed E-state index contributed by atoms with van der Waals surface area (Å²) in [6, 6.07) is 0.558. The van der Waals surface area contributed by atoms with Gasteiger partial charge in [0.15, 0.2) is 0 Å². The van der Waals surface area contributed by atoms with Crippen molar-refractivity contribution in [1.82, 2.24) is 15.1 Å². The van der Waals surface area contributed by atoms with E-state index in [9.17, 15) is 0 Å². The second-order valence-electron chi connectivity index (χ2n) is 4.22. The zero-order valence-corrected chi connectivity index (χ0v) is 10.6. The highest BCUT2D eigenvalue weighted by atomic mass is 16.5. The molecular formula is C12H23N3O. The molecule has 1 aromatic heterocycles. The van der Waals surface area contributed by atoms with E-state index in [-0.39, 0.29) is 0 Å². The van der Waals surface area contributed by atoms with E-state index in [1.54, 1.807) is 0 Å². The van der Waals surface area contributed by atoms with Crippen molar-refractivity contribution < 1.29 is 4.74 Å². The minimum atomic E-state index is 0.558. The second kappa shape index (κ2) is 7.41. The maximum Gasteiger partial charge on any atom is 0.0747 e. The molecule has 0 unspecified atom stereocenters. The first-order chi connectivity index (χ1) is 7.72. The van der Waals surface area contributed by atoms with E-state index in [0.29, 0.717) is 12.6 Å². The standard InChI is InChI=1S/C12H23N3O/c1-4-15-9-12(8-14-15)10-16-7-5-6-13-11(2)3/h8-9,11,13H,4-7,10H2,1-3H3. The highest BCUT2D eigenvalue weighted by molar-refractivity contribution is 5.01. The molecule has 1 aromatic rings. The number of nitrogens with one attached hydrogen (secondary N) is 1. The van der Waals surface area contributed by atoms with Crippen molar-refractivity contribution in [2.45, 2.75) is 46.4 Å². The summed E-state index contributed by atoms with van der Waals surface area (Å²) in [6.45, 7) is 9.79. The van der Waals surface area contributed by atoms with Crippen LogP contribution in [0.1, 0.15) is 32.8 Å². The van der Waals surface area contributed by atoms with Crippen LogP contribution in [0.25, 0.3) is 0 Å². The summed E-state index contributed by atoms with van der Waals surface area (Å²) < 4.78 is 7.48. The van der Waals surface area contributed by atoms with Crippen LogP contribution >= 0.6 is 0 Å². The summed E-state index contributed by atoms with van der Waals surface area (Å²) in [5.41, 5.74) is 1.15. The monoisotopic (exact) mass is 225 g/mol. The molecular weight excluding hydrogens is 202 g/mol. The molecule has 0 atom stereocenters. The van der Waals surface area contributed by atoms with Gasteiger partial charge in [0.05, 0.1) is 12.8 Å². The number of aromatic nitrogens is 2. The zero-order valence-electron chi connectivity index (χ0n) is 10.6. The van der Waals surface area contributed by atoms with E-state index in [2.05, 4.69) is 31.2 Å². The van der Waals surface area contributed by atoms with Crippen molar-refractivity contribution >= 4 is 0 Å². The second-order valence-corrected chi connectivity index (χ2v) is 4.22. The van der Waals surface area contributed by atoms with Crippen LogP contribution in [0.4, 0.5) is 0 Å². The van der Waals surface area contributed by atoms with Crippen molar-refractivity contribution in [2.75, 3.05) is 13.2 Å². The third-order valence-electron chi connectivity index (χ3n) is 2.30. The smallest absolute Gasteiger partial charge is 0.0747 e. The number of aryl methyl sites for hydroxylation is 1. The van der Waals surface area contributed by atoms with Crippen LogP contribution < -0.4 is 5.32 Å². The predicted molar refractivity (Wildman–Crippen MR) is 65.3 cm³/mol. The molecule has 0 aliphatic rings. The van der Waals surface area contributed by atoms with Gasteiger partial charge in [-0.2, -0.15) is 5.10 Å². The lowest BCUT2D eigenvalue weighted by atomic mass is 10.3. The molecule has 92 valence electrons. The van der Waals surface area contributed by atoms with Gasteiger partial charge >= 0.3 is 0 Å². The third kappa shape index (κ3) is 5.28. The maximum atomic E-state index is 5.57. The van der Waals surface area contributed by atoms with Gasteiger partial charge in [0.1, 0.15) is 0 Å². The Morgan fingerprint density at radius 1 is 1.50 bits per heavy atom. The zero-order chi connectivity index (χ0) is 11.8. The summed E-state index contributed by atoms with van der Waals surface area (Å²) in [5, 5.41) is 7.56. The number of hydrogen-bond donors (Lipinski definition) is 1. The van der Waals surface area contributed by atoms with Crippen LogP contribution in [0, 0.1) is 0 Å². The van der Waals surface area contributed by atoms with Crippen LogP contribution in [0.5, 0.6) is 0 Å². The molecule has 4 heteroatoms. The Kier molecular flexibility index (Phi) is 6.11. The molecule has 16 heavy (non-hydrogen) atoms. The highest BCUT2D eigenvalue weighted by Crippen LogP contribution is 2.00. The molecule has 0 fully saturated rings. The molecule has 1 N–H and O–H groups in total. The Morgan fingerprint density at radius 2 is 2.31 bits per heavy atom. The van der Waals surface area contributed by atoms with Gasteiger partial charge in [0, 0.05) is 31.0 Å². The van der Waals surface area contributed by atoms with Crippen molar-refractivity contribution in [1.29, 1.82) is 0 Å². The molecule has 0 aromatic carbocycles. The Bertz CT molecular complexity index is 284. The molecule has 1 rings (SSSR count). The minimum Gasteiger partial charge on any atom is -0.377 e. The maximum absolute atomic E-state index is 5.57. The quantitative estimate of drug-likeness (QED) is 0.686. The van der Waals surface area contributed by atoms with Crippen molar-refractivity contribution in [3.63, 3.8) is 0 Å². The summed E-state index contributed by atoms with van der Waals surface area (Å²) in [6.07, 6.45) is 4.96. The number of nitrogens with zero attached hydrogens (tertiary/aromatic N) is 2. The first-order valence-corrected chi connectivity index (χ1v) is 6.04. The average molecular weight is 225 g/mol. The van der Waals surface area contributed by atoms with Gasteiger partial charge < -0.3 is 10.1 Å². The molecule has 0 spiro atoms. The number of rotatable bonds is 8. The summed E-state index contributed by atoms with van der Waals surface area (Å²) in [4.78, 5) is 0. The van der Waals surface area contributed by atoms with E-state index in [0.717, 1.165) is 31.7 Å². The first-order valence-electron chi connectivity index (χ1n) is 6.04. The lowest BCUT2D eigenvalue weighted by Gasteiger charge is -2.07. The van der Waals surface area contributed by atoms with Crippen molar-refractivity contribution in [3.05, 3.63) is 18.0 Å². The van der Waals surface area contributed by atoms with Gasteiger partial charge in [-0.3, -0.25) is 4.68 Å². The van der Waals surface area contributed by atoms with E-state index in [1.807, 2.05) is 17.1 Å². The fourth-order valence-electron chi connectivity index (χ4n) is 1.41. The van der Waals surface area contributed by atoms with Crippen LogP contribution in [-0.4, -0.2) is 29.0 Å². The van der Waals surface area contributed by atoms with Crippen LogP contribution in [0.2, 0.25) is 0 Å². The van der Waals surface area contributed by atoms with Crippen molar-refractivity contribution in [3.8, 4) is 0 Å². The molecule has 4 nitrogen and oxygen atoms in total. The van der Waals surface area contributed by atoms with E-state index in [1.165, 1.54) is 0 Å². The molecule has 0 saturated heterocycles. The van der Waals surface area contributed by atoms with Crippen LogP contribution in [0.3, 0.4) is 0 Å². The summed E-state index contributed by atoms with van der Waals surface area (Å²) in [7, 11) is 0. The van der Waals surface area contributed by atoms with Crippen LogP contribution in [0.15, 0.2) is 12.4 Å². The SMILES string of the molecule is CCn1cc(COCCCNC(C)C)cn1. The van der Waals surface area contributed by atoms with Gasteiger partial charge in [0.25, 0.3) is 0 Å². The van der Waals surface area contributed by atoms with E-state index >= 15 is 0 Å². The largest absolute Gasteiger partial charge is 0.377 e. The Balaban J connectivity index is 2.02. The van der Waals surface area contributed by atoms with Crippen LogP contribution in [-0.2, 0) is 17.9 Å². The van der Waals surface area contributed by atoms with Gasteiger partial charge in [-0.25, -0.2) is 0 Å². The first kappa shape index (κ1) is 13.2. The summed E-state index contributed by atoms with van der Waals surface area (Å²) in [5.74, 6) is 0. The molecule has 0 amide bonds. The Morgan fingerprint density at radius 3 is 2.94 bits per heavy atom. The van der Waals surface area contributed by atoms with Crippen molar-refractivity contribution in [2.24, 2.45) is 0 Å². The van der Waals surface area contributed by atoms with Gasteiger partial charge in [-0.1, -0.05) is 13.8 Å². The number of hydrogen-bond acceptors (Lipinski definition) is 3. The topological polar surface area (TPSA) is 39.1 Å². The molecule has 1 heterocycles. The third-order valence-corrected chi connectivity index (χ3v) is 2.30. The normalized spacial score (nSPS) is 11.2. The average Bonchev–Trinajstić information content (AvgIpc) is 2.70. The molecule has 0 bridgehead atoms. The molecule has 0 saturated carbocycles. The lowest BCUT2D eigenvalue weighted by molar-refractivity contribution is 0.118. The predicted octanol–water partition coefficient (Wildman–Crippen LogP) is 1.81. The highest BCUT2D eigenvalue weighted by Gasteiger charge is 1.97. The Hall–Kier alpha value is -0.870. The molecule has 0 aliphatic carbocycles. The van der Waals surface area contributed by atoms with E-state index < -0.39 is 0 Å². The Labute approximate surface area is 98.0 Å². The fraction of sp³-hybridized carbons (Fsp3) is 0.750. The minimum absolute atomic E-state index is 0.558. The number of ether oxygens (including phenoxy) is 1. The summed E-state index contributed by atoms with van der Waals surface area (Å²) >= 11 is 0. The fourth-order valence-corrected chi connectivity index (χ4v) is 1.41. The van der Waals surface area contributed by atoms with Gasteiger partial charge in [0.2, 0.25) is 0 Å². The van der Waals surface area contributed by atoms with E-state index in [4.69, 9.17) is 4.74 Å².